The molecule has 1 aliphatic carbocycles. The zero-order valence-electron chi connectivity index (χ0n) is 12.9. The predicted molar refractivity (Wildman–Crippen MR) is 89.4 cm³/mol. The molecule has 0 radical (unpaired) electrons. The Balaban J connectivity index is 2.05. The third kappa shape index (κ3) is 4.40. The van der Waals surface area contributed by atoms with Gasteiger partial charge in [0.25, 0.3) is 0 Å². The minimum absolute atomic E-state index is 0.425. The number of nitrogens with one attached hydrogen (secondary N) is 1. The van der Waals surface area contributed by atoms with E-state index in [0.717, 1.165) is 28.8 Å². The molecular formula is C17H25NO2S. The maximum atomic E-state index is 11.6. The largest absolute Gasteiger partial charge is 0.478 e. The number of anilines is 1. The van der Waals surface area contributed by atoms with Crippen LogP contribution in [0.2, 0.25) is 0 Å². The summed E-state index contributed by atoms with van der Waals surface area (Å²) >= 11 is 1.59. The number of hydrogen-bond acceptors (Lipinski definition) is 3. The van der Waals surface area contributed by atoms with Gasteiger partial charge in [-0.05, 0) is 42.6 Å². The van der Waals surface area contributed by atoms with Gasteiger partial charge in [-0.1, -0.05) is 32.8 Å². The van der Waals surface area contributed by atoms with E-state index in [1.54, 1.807) is 11.8 Å². The summed E-state index contributed by atoms with van der Waals surface area (Å²) in [5, 5.41) is 12.9. The van der Waals surface area contributed by atoms with Crippen LogP contribution in [0.4, 0.5) is 5.69 Å². The molecule has 0 bridgehead atoms. The SMILES string of the molecule is CCSc1cccc(NCC2CCC(C)CC2)c1C(=O)O. The van der Waals surface area contributed by atoms with Gasteiger partial charge in [-0.25, -0.2) is 4.79 Å². The van der Waals surface area contributed by atoms with Crippen molar-refractivity contribution in [3.8, 4) is 0 Å². The molecule has 0 unspecified atom stereocenters. The second-order valence-corrected chi connectivity index (χ2v) is 7.23. The van der Waals surface area contributed by atoms with E-state index < -0.39 is 5.97 Å². The van der Waals surface area contributed by atoms with Crippen molar-refractivity contribution in [1.82, 2.24) is 0 Å². The van der Waals surface area contributed by atoms with Crippen molar-refractivity contribution in [2.75, 3.05) is 17.6 Å². The van der Waals surface area contributed by atoms with Gasteiger partial charge in [0.2, 0.25) is 0 Å². The fourth-order valence-corrected chi connectivity index (χ4v) is 3.79. The van der Waals surface area contributed by atoms with Crippen LogP contribution in [0.15, 0.2) is 23.1 Å². The Labute approximate surface area is 131 Å². The van der Waals surface area contributed by atoms with Crippen LogP contribution in [-0.4, -0.2) is 23.4 Å². The summed E-state index contributed by atoms with van der Waals surface area (Å²) in [7, 11) is 0. The van der Waals surface area contributed by atoms with Gasteiger partial charge in [0, 0.05) is 17.1 Å². The lowest BCUT2D eigenvalue weighted by molar-refractivity contribution is 0.0694. The zero-order valence-corrected chi connectivity index (χ0v) is 13.7. The number of hydrogen-bond donors (Lipinski definition) is 2. The van der Waals surface area contributed by atoms with Crippen molar-refractivity contribution in [2.24, 2.45) is 11.8 Å². The van der Waals surface area contributed by atoms with Crippen molar-refractivity contribution in [3.05, 3.63) is 23.8 Å². The van der Waals surface area contributed by atoms with E-state index in [-0.39, 0.29) is 0 Å². The molecule has 4 heteroatoms. The molecular weight excluding hydrogens is 282 g/mol. The molecule has 0 amide bonds. The molecule has 1 saturated carbocycles. The van der Waals surface area contributed by atoms with Crippen LogP contribution in [0.25, 0.3) is 0 Å². The van der Waals surface area contributed by atoms with Gasteiger partial charge in [-0.15, -0.1) is 11.8 Å². The summed E-state index contributed by atoms with van der Waals surface area (Å²) in [6, 6.07) is 5.72. The van der Waals surface area contributed by atoms with E-state index in [2.05, 4.69) is 12.2 Å². The number of thioether (sulfide) groups is 1. The van der Waals surface area contributed by atoms with Crippen molar-refractivity contribution < 1.29 is 9.90 Å². The number of rotatable bonds is 6. The third-order valence-electron chi connectivity index (χ3n) is 4.26. The van der Waals surface area contributed by atoms with E-state index in [1.165, 1.54) is 25.7 Å². The standard InChI is InChI=1S/C17H25NO2S/c1-3-21-15-6-4-5-14(16(15)17(19)20)18-11-13-9-7-12(2)8-10-13/h4-6,12-13,18H,3,7-11H2,1-2H3,(H,19,20). The fraction of sp³-hybridized carbons (Fsp3) is 0.588. The second kappa shape index (κ2) is 7.74. The third-order valence-corrected chi connectivity index (χ3v) is 5.20. The molecule has 2 N–H and O–H groups in total. The molecule has 1 aliphatic rings. The molecule has 0 spiro atoms. The van der Waals surface area contributed by atoms with Crippen LogP contribution < -0.4 is 5.32 Å². The number of carbonyl (C=O) groups is 1. The first-order valence-electron chi connectivity index (χ1n) is 7.84. The second-order valence-electron chi connectivity index (χ2n) is 5.92. The maximum Gasteiger partial charge on any atom is 0.338 e. The van der Waals surface area contributed by atoms with E-state index in [9.17, 15) is 9.90 Å². The first kappa shape index (κ1) is 16.2. The lowest BCUT2D eigenvalue weighted by Crippen LogP contribution is -2.21. The average Bonchev–Trinajstić information content (AvgIpc) is 2.47. The van der Waals surface area contributed by atoms with E-state index in [4.69, 9.17) is 0 Å². The average molecular weight is 307 g/mol. The van der Waals surface area contributed by atoms with Gasteiger partial charge in [0.15, 0.2) is 0 Å². The molecule has 21 heavy (non-hydrogen) atoms. The Morgan fingerprint density at radius 2 is 2.05 bits per heavy atom. The molecule has 116 valence electrons. The molecule has 0 aromatic heterocycles. The fourth-order valence-electron chi connectivity index (χ4n) is 2.96. The molecule has 0 aliphatic heterocycles. The van der Waals surface area contributed by atoms with Gasteiger partial charge in [0.05, 0.1) is 5.56 Å². The minimum Gasteiger partial charge on any atom is -0.478 e. The summed E-state index contributed by atoms with van der Waals surface area (Å²) < 4.78 is 0. The van der Waals surface area contributed by atoms with Crippen molar-refractivity contribution in [3.63, 3.8) is 0 Å². The van der Waals surface area contributed by atoms with Gasteiger partial charge < -0.3 is 10.4 Å². The Bertz CT molecular complexity index is 482. The maximum absolute atomic E-state index is 11.6. The van der Waals surface area contributed by atoms with Gasteiger partial charge in [-0.2, -0.15) is 0 Å². The smallest absolute Gasteiger partial charge is 0.338 e. The van der Waals surface area contributed by atoms with Crippen LogP contribution in [-0.2, 0) is 0 Å². The Kier molecular flexibility index (Phi) is 5.97. The summed E-state index contributed by atoms with van der Waals surface area (Å²) in [4.78, 5) is 12.4. The van der Waals surface area contributed by atoms with Crippen molar-refractivity contribution in [1.29, 1.82) is 0 Å². The number of benzene rings is 1. The first-order chi connectivity index (χ1) is 10.1. The molecule has 1 fully saturated rings. The quantitative estimate of drug-likeness (QED) is 0.746. The highest BCUT2D eigenvalue weighted by Gasteiger charge is 2.20. The van der Waals surface area contributed by atoms with Crippen LogP contribution in [0.3, 0.4) is 0 Å². The summed E-state index contributed by atoms with van der Waals surface area (Å²) in [6.07, 6.45) is 5.09. The molecule has 3 nitrogen and oxygen atoms in total. The number of carboxylic acids is 1. The van der Waals surface area contributed by atoms with Crippen LogP contribution in [0.5, 0.6) is 0 Å². The Morgan fingerprint density at radius 1 is 1.33 bits per heavy atom. The monoisotopic (exact) mass is 307 g/mol. The normalized spacial score (nSPS) is 22.0. The summed E-state index contributed by atoms with van der Waals surface area (Å²) in [5.41, 5.74) is 1.19. The molecule has 0 saturated heterocycles. The Hall–Kier alpha value is -1.16. The molecule has 1 aromatic carbocycles. The van der Waals surface area contributed by atoms with Crippen molar-refractivity contribution >= 4 is 23.4 Å². The number of aromatic carboxylic acids is 1. The van der Waals surface area contributed by atoms with Crippen molar-refractivity contribution in [2.45, 2.75) is 44.4 Å². The molecule has 1 aromatic rings. The van der Waals surface area contributed by atoms with E-state index >= 15 is 0 Å². The van der Waals surface area contributed by atoms with Gasteiger partial charge >= 0.3 is 5.97 Å². The van der Waals surface area contributed by atoms with Crippen LogP contribution in [0.1, 0.15) is 49.9 Å². The highest BCUT2D eigenvalue weighted by molar-refractivity contribution is 7.99. The topological polar surface area (TPSA) is 49.3 Å². The molecule has 2 rings (SSSR count). The van der Waals surface area contributed by atoms with E-state index in [1.807, 2.05) is 25.1 Å². The summed E-state index contributed by atoms with van der Waals surface area (Å²) in [5.74, 6) is 1.56. The minimum atomic E-state index is -0.841. The molecule has 0 atom stereocenters. The van der Waals surface area contributed by atoms with Crippen LogP contribution in [0, 0.1) is 11.8 Å². The Morgan fingerprint density at radius 3 is 2.67 bits per heavy atom. The lowest BCUT2D eigenvalue weighted by Gasteiger charge is -2.27. The lowest BCUT2D eigenvalue weighted by atomic mass is 9.83. The summed E-state index contributed by atoms with van der Waals surface area (Å²) in [6.45, 7) is 5.24. The highest BCUT2D eigenvalue weighted by Crippen LogP contribution is 2.31. The van der Waals surface area contributed by atoms with E-state index in [0.29, 0.717) is 11.5 Å². The van der Waals surface area contributed by atoms with Gasteiger partial charge in [0.1, 0.15) is 0 Å². The van der Waals surface area contributed by atoms with Gasteiger partial charge in [-0.3, -0.25) is 0 Å². The zero-order chi connectivity index (χ0) is 15.2. The highest BCUT2D eigenvalue weighted by atomic mass is 32.2. The number of carboxylic acid groups (broad SMARTS) is 1. The predicted octanol–water partition coefficient (Wildman–Crippen LogP) is 4.74. The first-order valence-corrected chi connectivity index (χ1v) is 8.83. The van der Waals surface area contributed by atoms with Crippen LogP contribution >= 0.6 is 11.8 Å². The molecule has 0 heterocycles.